The van der Waals surface area contributed by atoms with E-state index in [9.17, 15) is 9.59 Å². The topological polar surface area (TPSA) is 61.8 Å². The lowest BCUT2D eigenvalue weighted by molar-refractivity contribution is -0.161. The molecule has 3 rings (SSSR count). The predicted octanol–water partition coefficient (Wildman–Crippen LogP) is 3.40. The molecule has 1 heterocycles. The average molecular weight is 365 g/mol. The fourth-order valence-electron chi connectivity index (χ4n) is 3.43. The number of carbonyl (C=O) groups excluding carboxylic acids is 2. The number of halogens is 1. The zero-order valence-corrected chi connectivity index (χ0v) is 15.0. The molecular formula is C19H21ClO5. The van der Waals surface area contributed by atoms with Gasteiger partial charge in [-0.05, 0) is 37.5 Å². The van der Waals surface area contributed by atoms with Crippen molar-refractivity contribution in [2.24, 2.45) is 5.92 Å². The van der Waals surface area contributed by atoms with Gasteiger partial charge in [-0.3, -0.25) is 4.79 Å². The number of allylic oxidation sites excluding steroid dienone is 1. The maximum absolute atomic E-state index is 12.8. The van der Waals surface area contributed by atoms with Gasteiger partial charge in [0.05, 0.1) is 31.0 Å². The standard InChI is InChI=1S/C19H21ClO5/c1-11(19(22)23-2)25-14-7-8-15-17(9-14)24-10-16(18(15)21)12-3-5-13(20)6-4-12/h3-6,10-11,14-15,17H,7-9H2,1-2H3. The Morgan fingerprint density at radius 1 is 1.28 bits per heavy atom. The molecular weight excluding hydrogens is 344 g/mol. The van der Waals surface area contributed by atoms with Crippen LogP contribution in [0.4, 0.5) is 0 Å². The van der Waals surface area contributed by atoms with Gasteiger partial charge < -0.3 is 14.2 Å². The Labute approximate surface area is 151 Å². The fraction of sp³-hybridized carbons (Fsp3) is 0.474. The number of benzene rings is 1. The van der Waals surface area contributed by atoms with Crippen LogP contribution in [0.2, 0.25) is 5.02 Å². The fourth-order valence-corrected chi connectivity index (χ4v) is 3.56. The summed E-state index contributed by atoms with van der Waals surface area (Å²) in [6.45, 7) is 1.67. The molecule has 1 aromatic rings. The van der Waals surface area contributed by atoms with Gasteiger partial charge in [0.15, 0.2) is 11.9 Å². The summed E-state index contributed by atoms with van der Waals surface area (Å²) in [5.41, 5.74) is 1.39. The van der Waals surface area contributed by atoms with Gasteiger partial charge in [0.25, 0.3) is 0 Å². The molecule has 1 aliphatic heterocycles. The number of ketones is 1. The van der Waals surface area contributed by atoms with E-state index in [1.54, 1.807) is 25.3 Å². The highest BCUT2D eigenvalue weighted by atomic mass is 35.5. The Hall–Kier alpha value is -1.85. The molecule has 2 aliphatic rings. The summed E-state index contributed by atoms with van der Waals surface area (Å²) in [6, 6.07) is 7.16. The quantitative estimate of drug-likeness (QED) is 0.766. The first kappa shape index (κ1) is 18.0. The van der Waals surface area contributed by atoms with Crippen molar-refractivity contribution in [2.75, 3.05) is 7.11 Å². The van der Waals surface area contributed by atoms with Gasteiger partial charge in [-0.2, -0.15) is 0 Å². The number of carbonyl (C=O) groups is 2. The Morgan fingerprint density at radius 3 is 2.68 bits per heavy atom. The van der Waals surface area contributed by atoms with E-state index in [2.05, 4.69) is 4.74 Å². The van der Waals surface area contributed by atoms with Crippen LogP contribution in [0.3, 0.4) is 0 Å². The van der Waals surface area contributed by atoms with Crippen LogP contribution in [-0.2, 0) is 23.8 Å². The predicted molar refractivity (Wildman–Crippen MR) is 93.0 cm³/mol. The van der Waals surface area contributed by atoms with Crippen molar-refractivity contribution in [1.29, 1.82) is 0 Å². The van der Waals surface area contributed by atoms with Gasteiger partial charge in [-0.1, -0.05) is 23.7 Å². The van der Waals surface area contributed by atoms with Crippen molar-refractivity contribution in [3.8, 4) is 0 Å². The monoisotopic (exact) mass is 364 g/mol. The molecule has 134 valence electrons. The van der Waals surface area contributed by atoms with E-state index in [0.29, 0.717) is 29.9 Å². The second-order valence-corrected chi connectivity index (χ2v) is 6.86. The summed E-state index contributed by atoms with van der Waals surface area (Å²) >= 11 is 5.91. The molecule has 0 amide bonds. The SMILES string of the molecule is COC(=O)C(C)OC1CCC2C(=O)C(c3ccc(Cl)cc3)=COC2C1. The molecule has 1 aromatic carbocycles. The van der Waals surface area contributed by atoms with Crippen molar-refractivity contribution >= 4 is 28.9 Å². The average Bonchev–Trinajstić information content (AvgIpc) is 2.62. The van der Waals surface area contributed by atoms with Crippen LogP contribution in [-0.4, -0.2) is 37.2 Å². The van der Waals surface area contributed by atoms with Crippen molar-refractivity contribution < 1.29 is 23.8 Å². The molecule has 0 bridgehead atoms. The maximum Gasteiger partial charge on any atom is 0.334 e. The van der Waals surface area contributed by atoms with E-state index < -0.39 is 12.1 Å². The number of fused-ring (bicyclic) bond motifs is 1. The molecule has 0 aromatic heterocycles. The van der Waals surface area contributed by atoms with Crippen molar-refractivity contribution in [3.05, 3.63) is 41.1 Å². The van der Waals surface area contributed by atoms with Crippen LogP contribution in [0.1, 0.15) is 31.7 Å². The number of methoxy groups -OCH3 is 1. The largest absolute Gasteiger partial charge is 0.496 e. The van der Waals surface area contributed by atoms with Gasteiger partial charge in [0, 0.05) is 11.4 Å². The molecule has 0 N–H and O–H groups in total. The summed E-state index contributed by atoms with van der Waals surface area (Å²) in [5, 5.41) is 0.629. The van der Waals surface area contributed by atoms with E-state index >= 15 is 0 Å². The highest BCUT2D eigenvalue weighted by molar-refractivity contribution is 6.30. The smallest absolute Gasteiger partial charge is 0.334 e. The van der Waals surface area contributed by atoms with Crippen LogP contribution in [0, 0.1) is 5.92 Å². The van der Waals surface area contributed by atoms with Crippen molar-refractivity contribution in [2.45, 2.75) is 44.5 Å². The number of hydrogen-bond donors (Lipinski definition) is 0. The Bertz CT molecular complexity index is 682. The molecule has 25 heavy (non-hydrogen) atoms. The Kier molecular flexibility index (Phi) is 5.45. The van der Waals surface area contributed by atoms with Crippen LogP contribution in [0.25, 0.3) is 5.57 Å². The molecule has 0 radical (unpaired) electrons. The summed E-state index contributed by atoms with van der Waals surface area (Å²) < 4.78 is 16.3. The number of ether oxygens (including phenoxy) is 3. The van der Waals surface area contributed by atoms with Gasteiger partial charge in [-0.25, -0.2) is 4.79 Å². The van der Waals surface area contributed by atoms with Crippen molar-refractivity contribution in [3.63, 3.8) is 0 Å². The highest BCUT2D eigenvalue weighted by Crippen LogP contribution is 2.37. The molecule has 1 saturated carbocycles. The van der Waals surface area contributed by atoms with E-state index in [-0.39, 0.29) is 23.9 Å². The Balaban J connectivity index is 1.67. The van der Waals surface area contributed by atoms with E-state index in [0.717, 1.165) is 5.56 Å². The van der Waals surface area contributed by atoms with Gasteiger partial charge in [0.2, 0.25) is 0 Å². The van der Waals surface area contributed by atoms with Crippen LogP contribution in [0.15, 0.2) is 30.5 Å². The van der Waals surface area contributed by atoms with Crippen molar-refractivity contribution in [1.82, 2.24) is 0 Å². The minimum Gasteiger partial charge on any atom is -0.496 e. The van der Waals surface area contributed by atoms with Crippen LogP contribution in [0.5, 0.6) is 0 Å². The minimum atomic E-state index is -0.619. The zero-order chi connectivity index (χ0) is 18.0. The zero-order valence-electron chi connectivity index (χ0n) is 14.2. The van der Waals surface area contributed by atoms with Crippen LogP contribution >= 0.6 is 11.6 Å². The first-order chi connectivity index (χ1) is 12.0. The second kappa shape index (κ2) is 7.58. The molecule has 1 fully saturated rings. The second-order valence-electron chi connectivity index (χ2n) is 6.42. The molecule has 4 atom stereocenters. The summed E-state index contributed by atoms with van der Waals surface area (Å²) in [6.07, 6.45) is 2.56. The first-order valence-electron chi connectivity index (χ1n) is 8.38. The third kappa shape index (κ3) is 3.88. The lowest BCUT2D eigenvalue weighted by atomic mass is 9.78. The number of hydrogen-bond acceptors (Lipinski definition) is 5. The highest BCUT2D eigenvalue weighted by Gasteiger charge is 2.41. The maximum atomic E-state index is 12.8. The molecule has 4 unspecified atom stereocenters. The number of Topliss-reactive ketones (excluding diaryl/α,β-unsaturated/α-hetero) is 1. The summed E-state index contributed by atoms with van der Waals surface area (Å²) in [4.78, 5) is 24.3. The lowest BCUT2D eigenvalue weighted by Gasteiger charge is -2.38. The molecule has 6 heteroatoms. The van der Waals surface area contributed by atoms with Gasteiger partial charge in [-0.15, -0.1) is 0 Å². The third-order valence-electron chi connectivity index (χ3n) is 4.79. The molecule has 0 saturated heterocycles. The summed E-state index contributed by atoms with van der Waals surface area (Å²) in [7, 11) is 1.34. The van der Waals surface area contributed by atoms with E-state index in [1.165, 1.54) is 7.11 Å². The summed E-state index contributed by atoms with van der Waals surface area (Å²) in [5.74, 6) is -0.477. The number of esters is 1. The van der Waals surface area contributed by atoms with E-state index in [1.807, 2.05) is 12.1 Å². The van der Waals surface area contributed by atoms with E-state index in [4.69, 9.17) is 21.1 Å². The molecule has 0 spiro atoms. The molecule has 1 aliphatic carbocycles. The van der Waals surface area contributed by atoms with Gasteiger partial charge in [0.1, 0.15) is 6.10 Å². The number of rotatable bonds is 4. The van der Waals surface area contributed by atoms with Gasteiger partial charge >= 0.3 is 5.97 Å². The normalized spacial score (nSPS) is 26.9. The first-order valence-corrected chi connectivity index (χ1v) is 8.76. The lowest BCUT2D eigenvalue weighted by Crippen LogP contribution is -2.42. The Morgan fingerprint density at radius 2 is 2.00 bits per heavy atom. The molecule has 5 nitrogen and oxygen atoms in total. The van der Waals surface area contributed by atoms with Crippen LogP contribution < -0.4 is 0 Å². The third-order valence-corrected chi connectivity index (χ3v) is 5.04. The minimum absolute atomic E-state index is 0.0954.